The van der Waals surface area contributed by atoms with Gasteiger partial charge in [-0.3, -0.25) is 0 Å². The molecule has 2 nitrogen and oxygen atoms in total. The van der Waals surface area contributed by atoms with Gasteiger partial charge in [0.2, 0.25) is 0 Å². The van der Waals surface area contributed by atoms with Crippen LogP contribution in [-0.4, -0.2) is 17.6 Å². The lowest BCUT2D eigenvalue weighted by molar-refractivity contribution is 0.242. The molecule has 0 fully saturated rings. The summed E-state index contributed by atoms with van der Waals surface area (Å²) in [5.41, 5.74) is 7.36. The Balaban J connectivity index is 2.41. The first-order valence-corrected chi connectivity index (χ1v) is 7.89. The molecule has 2 N–H and O–H groups in total. The molecule has 0 aromatic heterocycles. The molecule has 0 aliphatic heterocycles. The van der Waals surface area contributed by atoms with Gasteiger partial charge in [0.1, 0.15) is 5.75 Å². The van der Waals surface area contributed by atoms with Crippen LogP contribution in [0.4, 0.5) is 0 Å². The largest absolute Gasteiger partial charge is 0.491 e. The smallest absolute Gasteiger partial charge is 0.119 e. The van der Waals surface area contributed by atoms with Crippen molar-refractivity contribution in [3.63, 3.8) is 0 Å². The second-order valence-corrected chi connectivity index (χ2v) is 5.92. The van der Waals surface area contributed by atoms with Crippen LogP contribution < -0.4 is 10.5 Å². The number of benzene rings is 1. The Morgan fingerprint density at radius 2 is 1.89 bits per heavy atom. The van der Waals surface area contributed by atoms with Gasteiger partial charge >= 0.3 is 0 Å². The van der Waals surface area contributed by atoms with Crippen LogP contribution >= 0.6 is 11.8 Å². The fourth-order valence-electron chi connectivity index (χ4n) is 1.62. The minimum atomic E-state index is 0.125. The number of thioether (sulfide) groups is 1. The van der Waals surface area contributed by atoms with Crippen molar-refractivity contribution in [2.75, 3.05) is 11.5 Å². The molecule has 1 atom stereocenters. The van der Waals surface area contributed by atoms with E-state index in [2.05, 4.69) is 19.1 Å². The van der Waals surface area contributed by atoms with E-state index in [1.165, 1.54) is 24.2 Å². The van der Waals surface area contributed by atoms with Gasteiger partial charge in [-0.05, 0) is 43.7 Å². The fraction of sp³-hybridized carbons (Fsp3) is 0.600. The lowest BCUT2D eigenvalue weighted by Crippen LogP contribution is -2.13. The van der Waals surface area contributed by atoms with Crippen molar-refractivity contribution in [1.29, 1.82) is 0 Å². The summed E-state index contributed by atoms with van der Waals surface area (Å²) >= 11 is 1.94. The number of nitrogens with two attached hydrogens (primary N) is 1. The quantitative estimate of drug-likeness (QED) is 0.723. The predicted octanol–water partition coefficient (Wildman–Crippen LogP) is 4.01. The summed E-state index contributed by atoms with van der Waals surface area (Å²) < 4.78 is 5.62. The van der Waals surface area contributed by atoms with E-state index in [0.717, 1.165) is 11.5 Å². The first-order chi connectivity index (χ1) is 8.63. The second-order valence-electron chi connectivity index (χ2n) is 4.77. The summed E-state index contributed by atoms with van der Waals surface area (Å²) in [4.78, 5) is 0. The highest BCUT2D eigenvalue weighted by atomic mass is 32.2. The van der Waals surface area contributed by atoms with Crippen molar-refractivity contribution < 1.29 is 4.74 Å². The van der Waals surface area contributed by atoms with E-state index in [1.54, 1.807) is 0 Å². The highest BCUT2D eigenvalue weighted by Crippen LogP contribution is 2.20. The molecule has 0 aliphatic carbocycles. The predicted molar refractivity (Wildman–Crippen MR) is 81.4 cm³/mol. The van der Waals surface area contributed by atoms with Gasteiger partial charge < -0.3 is 10.5 Å². The highest BCUT2D eigenvalue weighted by molar-refractivity contribution is 7.99. The van der Waals surface area contributed by atoms with E-state index in [1.807, 2.05) is 37.7 Å². The molecule has 3 heteroatoms. The van der Waals surface area contributed by atoms with E-state index < -0.39 is 0 Å². The molecular formula is C15H25NOS. The zero-order chi connectivity index (χ0) is 13.4. The molecule has 1 rings (SSSR count). The molecule has 0 saturated heterocycles. The number of hydrogen-bond donors (Lipinski definition) is 1. The maximum Gasteiger partial charge on any atom is 0.119 e. The normalized spacial score (nSPS) is 12.7. The first-order valence-electron chi connectivity index (χ1n) is 6.73. The van der Waals surface area contributed by atoms with Gasteiger partial charge in [0.05, 0.1) is 6.10 Å². The minimum Gasteiger partial charge on any atom is -0.491 e. The number of rotatable bonds is 8. The SMILES string of the molecule is CCCCSCC(N)c1ccc(OC(C)C)cc1. The van der Waals surface area contributed by atoms with Crippen LogP contribution in [0, 0.1) is 0 Å². The van der Waals surface area contributed by atoms with Crippen molar-refractivity contribution in [2.24, 2.45) is 5.73 Å². The van der Waals surface area contributed by atoms with E-state index in [0.29, 0.717) is 0 Å². The molecule has 0 bridgehead atoms. The van der Waals surface area contributed by atoms with Crippen molar-refractivity contribution in [3.8, 4) is 5.75 Å². The Morgan fingerprint density at radius 3 is 2.44 bits per heavy atom. The van der Waals surface area contributed by atoms with Crippen molar-refractivity contribution >= 4 is 11.8 Å². The monoisotopic (exact) mass is 267 g/mol. The lowest BCUT2D eigenvalue weighted by Gasteiger charge is -2.14. The molecule has 1 aromatic carbocycles. The number of hydrogen-bond acceptors (Lipinski definition) is 3. The summed E-state index contributed by atoms with van der Waals surface area (Å²) in [6.45, 7) is 6.28. The number of unbranched alkanes of at least 4 members (excludes halogenated alkanes) is 1. The zero-order valence-corrected chi connectivity index (χ0v) is 12.5. The summed E-state index contributed by atoms with van der Waals surface area (Å²) in [5.74, 6) is 3.11. The maximum absolute atomic E-state index is 6.17. The molecule has 1 unspecified atom stereocenters. The van der Waals surface area contributed by atoms with Gasteiger partial charge in [-0.2, -0.15) is 11.8 Å². The summed E-state index contributed by atoms with van der Waals surface area (Å²) in [6.07, 6.45) is 2.75. The lowest BCUT2D eigenvalue weighted by atomic mass is 10.1. The third-order valence-corrected chi connectivity index (χ3v) is 3.79. The van der Waals surface area contributed by atoms with Crippen LogP contribution in [0.1, 0.15) is 45.2 Å². The van der Waals surface area contributed by atoms with Crippen molar-refractivity contribution in [1.82, 2.24) is 0 Å². The third kappa shape index (κ3) is 5.78. The fourth-order valence-corrected chi connectivity index (χ4v) is 2.72. The Morgan fingerprint density at radius 1 is 1.22 bits per heavy atom. The highest BCUT2D eigenvalue weighted by Gasteiger charge is 2.06. The third-order valence-electron chi connectivity index (χ3n) is 2.62. The molecule has 0 aliphatic rings. The standard InChI is InChI=1S/C15H25NOS/c1-4-5-10-18-11-15(16)13-6-8-14(9-7-13)17-12(2)3/h6-9,12,15H,4-5,10-11,16H2,1-3H3. The summed E-state index contributed by atoms with van der Waals surface area (Å²) in [6, 6.07) is 8.28. The van der Waals surface area contributed by atoms with Crippen LogP contribution in [0.25, 0.3) is 0 Å². The molecule has 0 radical (unpaired) electrons. The first kappa shape index (κ1) is 15.4. The molecule has 18 heavy (non-hydrogen) atoms. The minimum absolute atomic E-state index is 0.125. The number of ether oxygens (including phenoxy) is 1. The van der Waals surface area contributed by atoms with Crippen LogP contribution in [0.5, 0.6) is 5.75 Å². The topological polar surface area (TPSA) is 35.2 Å². The van der Waals surface area contributed by atoms with Crippen molar-refractivity contribution in [3.05, 3.63) is 29.8 Å². The van der Waals surface area contributed by atoms with E-state index in [4.69, 9.17) is 10.5 Å². The molecule has 1 aromatic rings. The Hall–Kier alpha value is -0.670. The van der Waals surface area contributed by atoms with Crippen LogP contribution in [0.15, 0.2) is 24.3 Å². The molecular weight excluding hydrogens is 242 g/mol. The van der Waals surface area contributed by atoms with Gasteiger partial charge in [0.15, 0.2) is 0 Å². The average Bonchev–Trinajstić information content (AvgIpc) is 2.34. The Labute approximate surface area is 115 Å². The molecule has 102 valence electrons. The van der Waals surface area contributed by atoms with Gasteiger partial charge in [0, 0.05) is 11.8 Å². The second kappa shape index (κ2) is 8.44. The summed E-state index contributed by atoms with van der Waals surface area (Å²) in [5, 5.41) is 0. The Bertz CT molecular complexity index is 324. The van der Waals surface area contributed by atoms with E-state index in [9.17, 15) is 0 Å². The maximum atomic E-state index is 6.17. The zero-order valence-electron chi connectivity index (χ0n) is 11.7. The van der Waals surface area contributed by atoms with Gasteiger partial charge in [0.25, 0.3) is 0 Å². The van der Waals surface area contributed by atoms with Crippen molar-refractivity contribution in [2.45, 2.75) is 45.8 Å². The van der Waals surface area contributed by atoms with Crippen LogP contribution in [0.2, 0.25) is 0 Å². The van der Waals surface area contributed by atoms with Gasteiger partial charge in [-0.1, -0.05) is 25.5 Å². The average molecular weight is 267 g/mol. The van der Waals surface area contributed by atoms with Gasteiger partial charge in [-0.25, -0.2) is 0 Å². The van der Waals surface area contributed by atoms with Gasteiger partial charge in [-0.15, -0.1) is 0 Å². The van der Waals surface area contributed by atoms with E-state index >= 15 is 0 Å². The molecule has 0 spiro atoms. The van der Waals surface area contributed by atoms with Crippen LogP contribution in [-0.2, 0) is 0 Å². The molecule has 0 heterocycles. The van der Waals surface area contributed by atoms with E-state index in [-0.39, 0.29) is 12.1 Å². The van der Waals surface area contributed by atoms with Crippen LogP contribution in [0.3, 0.4) is 0 Å². The molecule has 0 saturated carbocycles. The molecule has 0 amide bonds. The Kier molecular flexibility index (Phi) is 7.21. The summed E-state index contributed by atoms with van der Waals surface area (Å²) in [7, 11) is 0.